The maximum Gasteiger partial charge on any atom is 0.247 e. The molecule has 0 unspecified atom stereocenters. The van der Waals surface area contributed by atoms with E-state index in [0.29, 0.717) is 26.1 Å². The Morgan fingerprint density at radius 2 is 1.43 bits per heavy atom. The van der Waals surface area contributed by atoms with Gasteiger partial charge in [0.2, 0.25) is 11.8 Å². The number of ether oxygens (including phenoxy) is 1. The van der Waals surface area contributed by atoms with E-state index in [1.54, 1.807) is 18.1 Å². The van der Waals surface area contributed by atoms with Crippen molar-refractivity contribution in [3.8, 4) is 5.75 Å². The zero-order valence-corrected chi connectivity index (χ0v) is 27.3. The monoisotopic (exact) mass is 615 g/mol. The Balaban J connectivity index is 1.41. The van der Waals surface area contributed by atoms with E-state index < -0.39 is 6.04 Å². The first-order valence-corrected chi connectivity index (χ1v) is 16.2. The van der Waals surface area contributed by atoms with E-state index in [-0.39, 0.29) is 11.8 Å². The average molecular weight is 616 g/mol. The van der Waals surface area contributed by atoms with Crippen LogP contribution in [0.15, 0.2) is 109 Å². The number of methoxy groups -OCH3 is 1. The second kappa shape index (κ2) is 16.1. The molecule has 4 aromatic rings. The maximum absolute atomic E-state index is 14.5. The van der Waals surface area contributed by atoms with Crippen LogP contribution in [-0.4, -0.2) is 65.8 Å². The number of hydrogen-bond acceptors (Lipinski definition) is 4. The molecule has 5 rings (SSSR count). The minimum atomic E-state index is -0.649. The summed E-state index contributed by atoms with van der Waals surface area (Å²) in [5, 5.41) is 0. The molecule has 4 aromatic carbocycles. The molecule has 238 valence electrons. The Bertz CT molecular complexity index is 1590. The van der Waals surface area contributed by atoms with E-state index in [1.165, 1.54) is 11.1 Å². The maximum atomic E-state index is 14.5. The Labute approximate surface area is 273 Å². The van der Waals surface area contributed by atoms with Crippen LogP contribution >= 0.6 is 0 Å². The van der Waals surface area contributed by atoms with Gasteiger partial charge in [-0.2, -0.15) is 0 Å². The van der Waals surface area contributed by atoms with Crippen LogP contribution in [0.2, 0.25) is 0 Å². The van der Waals surface area contributed by atoms with Gasteiger partial charge >= 0.3 is 0 Å². The number of hydrogen-bond donors (Lipinski definition) is 0. The molecule has 0 radical (unpaired) electrons. The highest BCUT2D eigenvalue weighted by molar-refractivity contribution is 5.96. The van der Waals surface area contributed by atoms with Crippen LogP contribution in [0.25, 0.3) is 6.08 Å². The van der Waals surface area contributed by atoms with Crippen molar-refractivity contribution in [2.24, 2.45) is 0 Å². The SMILES string of the molecule is CCc1ccc(CN(C(=O)/C=C/c2ccc(OC)c(C)c2)[C@@H](Cc2ccccc2)C(=O)N2CCN(Cc3ccccc3)CC2)cc1. The first kappa shape index (κ1) is 32.7. The highest BCUT2D eigenvalue weighted by Crippen LogP contribution is 2.22. The predicted octanol–water partition coefficient (Wildman–Crippen LogP) is 6.56. The van der Waals surface area contributed by atoms with Crippen LogP contribution < -0.4 is 4.74 Å². The summed E-state index contributed by atoms with van der Waals surface area (Å²) in [5.74, 6) is 0.610. The van der Waals surface area contributed by atoms with Crippen molar-refractivity contribution in [1.82, 2.24) is 14.7 Å². The molecule has 6 heteroatoms. The molecule has 0 N–H and O–H groups in total. The van der Waals surface area contributed by atoms with E-state index in [1.807, 2.05) is 72.5 Å². The second-order valence-electron chi connectivity index (χ2n) is 12.0. The first-order chi connectivity index (χ1) is 22.4. The minimum Gasteiger partial charge on any atom is -0.496 e. The van der Waals surface area contributed by atoms with E-state index in [2.05, 4.69) is 60.4 Å². The Hall–Kier alpha value is -4.68. The summed E-state index contributed by atoms with van der Waals surface area (Å²) in [6, 6.07) is 34.0. The smallest absolute Gasteiger partial charge is 0.247 e. The third-order valence-corrected chi connectivity index (χ3v) is 8.77. The van der Waals surface area contributed by atoms with Gasteiger partial charge in [-0.3, -0.25) is 14.5 Å². The van der Waals surface area contributed by atoms with Gasteiger partial charge in [-0.15, -0.1) is 0 Å². The molecule has 6 nitrogen and oxygen atoms in total. The van der Waals surface area contributed by atoms with E-state index >= 15 is 0 Å². The fourth-order valence-corrected chi connectivity index (χ4v) is 6.03. The van der Waals surface area contributed by atoms with Gasteiger partial charge < -0.3 is 14.5 Å². The van der Waals surface area contributed by atoms with Gasteiger partial charge in [-0.25, -0.2) is 0 Å². The molecule has 0 bridgehead atoms. The van der Waals surface area contributed by atoms with Crippen molar-refractivity contribution in [1.29, 1.82) is 0 Å². The second-order valence-corrected chi connectivity index (χ2v) is 12.0. The van der Waals surface area contributed by atoms with E-state index in [4.69, 9.17) is 4.74 Å². The molecule has 1 saturated heterocycles. The third-order valence-electron chi connectivity index (χ3n) is 8.77. The van der Waals surface area contributed by atoms with Crippen LogP contribution in [0.5, 0.6) is 5.75 Å². The van der Waals surface area contributed by atoms with Crippen LogP contribution in [0.4, 0.5) is 0 Å². The van der Waals surface area contributed by atoms with Gasteiger partial charge in [0.05, 0.1) is 7.11 Å². The van der Waals surface area contributed by atoms with Crippen LogP contribution in [-0.2, 0) is 35.5 Å². The number of aryl methyl sites for hydroxylation is 2. The quantitative estimate of drug-likeness (QED) is 0.169. The van der Waals surface area contributed by atoms with Crippen molar-refractivity contribution in [2.75, 3.05) is 33.3 Å². The van der Waals surface area contributed by atoms with Gasteiger partial charge in [-0.05, 0) is 64.9 Å². The van der Waals surface area contributed by atoms with Gasteiger partial charge in [0.1, 0.15) is 11.8 Å². The number of benzene rings is 4. The summed E-state index contributed by atoms with van der Waals surface area (Å²) in [7, 11) is 1.65. The molecule has 1 fully saturated rings. The molecule has 46 heavy (non-hydrogen) atoms. The molecule has 1 aliphatic rings. The standard InChI is InChI=1S/C40H45N3O3/c1-4-32-15-17-36(18-16-32)30-43(39(44)22-20-34-19-21-38(46-3)31(2)27-34)37(28-33-11-7-5-8-12-33)40(45)42-25-23-41(24-26-42)29-35-13-9-6-10-14-35/h5-22,27,37H,4,23-26,28-30H2,1-3H3/b22-20+/t37-/m0/s1. The number of carbonyl (C=O) groups is 2. The fraction of sp³-hybridized carbons (Fsp3) is 0.300. The lowest BCUT2D eigenvalue weighted by atomic mass is 10.0. The van der Waals surface area contributed by atoms with E-state index in [9.17, 15) is 9.59 Å². The first-order valence-electron chi connectivity index (χ1n) is 16.2. The lowest BCUT2D eigenvalue weighted by Crippen LogP contribution is -2.56. The molecule has 0 aliphatic carbocycles. The number of rotatable bonds is 12. The number of piperazine rings is 1. The van der Waals surface area contributed by atoms with Crippen LogP contribution in [0, 0.1) is 6.92 Å². The summed E-state index contributed by atoms with van der Waals surface area (Å²) >= 11 is 0. The summed E-state index contributed by atoms with van der Waals surface area (Å²) in [6.07, 6.45) is 4.82. The van der Waals surface area contributed by atoms with Crippen molar-refractivity contribution in [2.45, 2.75) is 45.8 Å². The Morgan fingerprint density at radius 3 is 2.04 bits per heavy atom. The van der Waals surface area contributed by atoms with Gasteiger partial charge in [0, 0.05) is 51.8 Å². The molecule has 0 aromatic heterocycles. The summed E-state index contributed by atoms with van der Waals surface area (Å²) in [4.78, 5) is 34.7. The number of carbonyl (C=O) groups excluding carboxylic acids is 2. The predicted molar refractivity (Wildman–Crippen MR) is 185 cm³/mol. The Kier molecular flexibility index (Phi) is 11.4. The third kappa shape index (κ3) is 8.73. The fourth-order valence-electron chi connectivity index (χ4n) is 6.03. The summed E-state index contributed by atoms with van der Waals surface area (Å²) in [5.41, 5.74) is 6.43. The molecule has 1 aliphatic heterocycles. The van der Waals surface area contributed by atoms with Crippen molar-refractivity contribution < 1.29 is 14.3 Å². The van der Waals surface area contributed by atoms with Crippen LogP contribution in [0.3, 0.4) is 0 Å². The molecule has 0 saturated carbocycles. The highest BCUT2D eigenvalue weighted by Gasteiger charge is 2.34. The van der Waals surface area contributed by atoms with Crippen molar-refractivity contribution >= 4 is 17.9 Å². The zero-order chi connectivity index (χ0) is 32.3. The lowest BCUT2D eigenvalue weighted by molar-refractivity contribution is -0.145. The summed E-state index contributed by atoms with van der Waals surface area (Å²) in [6.45, 7) is 8.17. The normalized spacial score (nSPS) is 14.3. The van der Waals surface area contributed by atoms with Gasteiger partial charge in [0.15, 0.2) is 0 Å². The van der Waals surface area contributed by atoms with E-state index in [0.717, 1.165) is 54.1 Å². The summed E-state index contributed by atoms with van der Waals surface area (Å²) < 4.78 is 5.41. The minimum absolute atomic E-state index is 0.00423. The van der Waals surface area contributed by atoms with Gasteiger partial charge in [-0.1, -0.05) is 97.9 Å². The van der Waals surface area contributed by atoms with Crippen molar-refractivity contribution in [3.05, 3.63) is 143 Å². The molecule has 1 heterocycles. The van der Waals surface area contributed by atoms with Gasteiger partial charge in [0.25, 0.3) is 0 Å². The molecule has 2 amide bonds. The molecule has 1 atom stereocenters. The average Bonchev–Trinajstić information content (AvgIpc) is 3.10. The lowest BCUT2D eigenvalue weighted by Gasteiger charge is -2.39. The topological polar surface area (TPSA) is 53.1 Å². The molecule has 0 spiro atoms. The zero-order valence-electron chi connectivity index (χ0n) is 27.3. The number of nitrogens with zero attached hydrogens (tertiary/aromatic N) is 3. The highest BCUT2D eigenvalue weighted by atomic mass is 16.5. The van der Waals surface area contributed by atoms with Crippen molar-refractivity contribution in [3.63, 3.8) is 0 Å². The van der Waals surface area contributed by atoms with Crippen LogP contribution in [0.1, 0.15) is 40.3 Å². The molecular formula is C40H45N3O3. The number of amides is 2. The Morgan fingerprint density at radius 1 is 0.804 bits per heavy atom. The molecular weight excluding hydrogens is 570 g/mol. The largest absolute Gasteiger partial charge is 0.496 e.